The van der Waals surface area contributed by atoms with Crippen molar-refractivity contribution in [3.63, 3.8) is 0 Å². The molecule has 0 unspecified atom stereocenters. The van der Waals surface area contributed by atoms with Crippen molar-refractivity contribution in [3.05, 3.63) is 20.9 Å². The zero-order valence-electron chi connectivity index (χ0n) is 25.8. The van der Waals surface area contributed by atoms with Gasteiger partial charge >= 0.3 is 11.4 Å². The number of carbonyl (C=O) groups excluding carboxylic acids is 2. The smallest absolute Gasteiger partial charge is 0.304 e. The van der Waals surface area contributed by atoms with Gasteiger partial charge in [0.2, 0.25) is 0 Å². The van der Waals surface area contributed by atoms with Gasteiger partial charge in [0.05, 0.1) is 40.6 Å². The summed E-state index contributed by atoms with van der Waals surface area (Å²) in [6.45, 7) is 8.98. The highest BCUT2D eigenvalue weighted by Gasteiger charge is 2.23. The lowest BCUT2D eigenvalue weighted by Crippen LogP contribution is -2.06. The second-order valence-corrected chi connectivity index (χ2v) is 12.6. The number of ether oxygens (including phenoxy) is 4. The molecule has 12 heteroatoms. The maximum absolute atomic E-state index is 12.0. The van der Waals surface area contributed by atoms with E-state index in [9.17, 15) is 13.8 Å². The van der Waals surface area contributed by atoms with Crippen molar-refractivity contribution < 1.29 is 41.1 Å². The Morgan fingerprint density at radius 1 is 0.643 bits per heavy atom. The van der Waals surface area contributed by atoms with Crippen LogP contribution in [0.2, 0.25) is 0 Å². The fourth-order valence-electron chi connectivity index (χ4n) is 4.30. The quantitative estimate of drug-likeness (QED) is 0.0844. The first-order valence-corrected chi connectivity index (χ1v) is 17.3. The van der Waals surface area contributed by atoms with E-state index in [1.54, 1.807) is 14.2 Å². The predicted molar refractivity (Wildman–Crippen MR) is 168 cm³/mol. The van der Waals surface area contributed by atoms with Gasteiger partial charge in [0.25, 0.3) is 0 Å². The molecule has 0 atom stereocenters. The molecular weight excluding hydrogens is 601 g/mol. The van der Waals surface area contributed by atoms with Crippen LogP contribution >= 0.6 is 22.7 Å². The van der Waals surface area contributed by atoms with Crippen molar-refractivity contribution in [2.45, 2.75) is 91.9 Å². The molecule has 0 aliphatic rings. The number of hydrogen-bond acceptors (Lipinski definition) is 11. The van der Waals surface area contributed by atoms with Gasteiger partial charge < -0.3 is 18.9 Å². The Hall–Kier alpha value is -1.99. The lowest BCUT2D eigenvalue weighted by Gasteiger charge is -2.08. The molecule has 42 heavy (non-hydrogen) atoms. The van der Waals surface area contributed by atoms with E-state index < -0.39 is 11.4 Å². The summed E-state index contributed by atoms with van der Waals surface area (Å²) < 4.78 is 45.4. The summed E-state index contributed by atoms with van der Waals surface area (Å²) in [5.41, 5.74) is 1.93. The zero-order valence-corrected chi connectivity index (χ0v) is 28.2. The van der Waals surface area contributed by atoms with Gasteiger partial charge in [-0.1, -0.05) is 49.4 Å². The number of hydrogen-bond donors (Lipinski definition) is 0. The zero-order chi connectivity index (χ0) is 30.9. The number of thiophene rings is 2. The molecule has 0 amide bonds. The van der Waals surface area contributed by atoms with Gasteiger partial charge in [-0.2, -0.15) is 4.21 Å². The van der Waals surface area contributed by atoms with Crippen LogP contribution in [-0.4, -0.2) is 56.4 Å². The fraction of sp³-hybridized carbons (Fsp3) is 0.667. The molecule has 0 aliphatic heterocycles. The average Bonchev–Trinajstić information content (AvgIpc) is 3.50. The van der Waals surface area contributed by atoms with Crippen molar-refractivity contribution in [2.24, 2.45) is 0 Å². The van der Waals surface area contributed by atoms with Crippen LogP contribution in [0.4, 0.5) is 0 Å². The van der Waals surface area contributed by atoms with Crippen molar-refractivity contribution in [1.29, 1.82) is 0 Å². The number of methoxy groups -OCH3 is 2. The van der Waals surface area contributed by atoms with E-state index in [0.717, 1.165) is 85.5 Å². The molecule has 0 radical (unpaired) electrons. The number of rotatable bonds is 24. The van der Waals surface area contributed by atoms with E-state index in [2.05, 4.69) is 13.8 Å². The molecule has 2 aromatic heterocycles. The van der Waals surface area contributed by atoms with Crippen molar-refractivity contribution in [2.75, 3.05) is 40.6 Å². The first kappa shape index (κ1) is 36.2. The minimum absolute atomic E-state index is 0.0213. The molecule has 2 heterocycles. The number of Topliss-reactive ketones (excluding diaryl/α,β-unsaturated/α-hetero) is 2. The fourth-order valence-corrected chi connectivity index (χ4v) is 7.05. The highest BCUT2D eigenvalue weighted by atomic mass is 32.2. The molecule has 0 aromatic carbocycles. The molecule has 0 N–H and O–H groups in total. The third-order valence-corrected chi connectivity index (χ3v) is 9.46. The van der Waals surface area contributed by atoms with Gasteiger partial charge in [0, 0.05) is 25.0 Å². The van der Waals surface area contributed by atoms with E-state index in [1.807, 2.05) is 0 Å². The van der Waals surface area contributed by atoms with Crippen molar-refractivity contribution >= 4 is 45.6 Å². The third kappa shape index (κ3) is 11.3. The summed E-state index contributed by atoms with van der Waals surface area (Å²) in [7, 11) is 3.17. The van der Waals surface area contributed by atoms with Crippen LogP contribution in [0.3, 0.4) is 0 Å². The van der Waals surface area contributed by atoms with Crippen molar-refractivity contribution in [1.82, 2.24) is 0 Å². The molecular formula is C30H46O9S3. The lowest BCUT2D eigenvalue weighted by atomic mass is 10.1. The number of unbranched alkanes of at least 4 members (excludes halogenated alkanes) is 4. The van der Waals surface area contributed by atoms with Gasteiger partial charge in [-0.05, 0) is 51.4 Å². The van der Waals surface area contributed by atoms with Gasteiger partial charge in [-0.3, -0.25) is 18.0 Å². The molecule has 0 fully saturated rings. The summed E-state index contributed by atoms with van der Waals surface area (Å²) in [6.07, 6.45) is 8.27. The molecule has 0 saturated heterocycles. The second-order valence-electron chi connectivity index (χ2n) is 9.74. The molecule has 0 bridgehead atoms. The summed E-state index contributed by atoms with van der Waals surface area (Å²) in [5, 5.41) is 1.51. The molecule has 238 valence electrons. The number of ketones is 2. The Balaban J connectivity index is 1.56. The first-order chi connectivity index (χ1) is 20.3. The molecule has 2 aromatic rings. The Morgan fingerprint density at radius 3 is 1.36 bits per heavy atom. The Bertz CT molecular complexity index is 1050. The third-order valence-electron chi connectivity index (χ3n) is 6.29. The SMILES string of the molecule is CCCc1c(OCCCCCOS(=O)OCCCCCOc2sc(C(C)=O)c(OC)c2CCC)sc(C(C)=O)c1OC. The van der Waals surface area contributed by atoms with E-state index in [4.69, 9.17) is 27.3 Å². The lowest BCUT2D eigenvalue weighted by molar-refractivity contribution is 0.101. The maximum atomic E-state index is 12.0. The Kier molecular flexibility index (Phi) is 17.3. The summed E-state index contributed by atoms with van der Waals surface area (Å²) in [4.78, 5) is 25.1. The monoisotopic (exact) mass is 646 g/mol. The Morgan fingerprint density at radius 2 is 1.02 bits per heavy atom. The van der Waals surface area contributed by atoms with Crippen LogP contribution in [-0.2, 0) is 32.6 Å². The summed E-state index contributed by atoms with van der Waals surface area (Å²) in [6, 6.07) is 0. The van der Waals surface area contributed by atoms with E-state index in [1.165, 1.54) is 36.5 Å². The molecule has 0 saturated carbocycles. The van der Waals surface area contributed by atoms with Crippen LogP contribution in [0.1, 0.15) is 110 Å². The van der Waals surface area contributed by atoms with Gasteiger partial charge in [-0.15, -0.1) is 0 Å². The minimum atomic E-state index is -1.77. The largest absolute Gasteiger partial charge is 0.495 e. The molecule has 0 aliphatic carbocycles. The highest BCUT2D eigenvalue weighted by Crippen LogP contribution is 2.43. The maximum Gasteiger partial charge on any atom is 0.304 e. The minimum Gasteiger partial charge on any atom is -0.495 e. The van der Waals surface area contributed by atoms with Crippen molar-refractivity contribution in [3.8, 4) is 21.6 Å². The van der Waals surface area contributed by atoms with Crippen LogP contribution in [0.15, 0.2) is 0 Å². The molecule has 9 nitrogen and oxygen atoms in total. The topological polar surface area (TPSA) is 107 Å². The normalized spacial score (nSPS) is 11.2. The van der Waals surface area contributed by atoms with E-state index in [-0.39, 0.29) is 11.6 Å². The van der Waals surface area contributed by atoms with Crippen LogP contribution < -0.4 is 18.9 Å². The highest BCUT2D eigenvalue weighted by molar-refractivity contribution is 7.75. The van der Waals surface area contributed by atoms with E-state index >= 15 is 0 Å². The summed E-state index contributed by atoms with van der Waals surface area (Å²) >= 11 is 0.930. The predicted octanol–water partition coefficient (Wildman–Crippen LogP) is 7.55. The average molecular weight is 647 g/mol. The summed E-state index contributed by atoms with van der Waals surface area (Å²) in [5.74, 6) is 1.23. The standard InChI is InChI=1S/C30H46O9S3/c1-7-15-23-25(34-5)27(21(3)31)40-29(23)36-17-11-9-13-19-38-42(33)39-20-14-10-12-18-37-30-24(16-8-2)26(35-6)28(41-30)22(4)32/h7-20H2,1-6H3. The van der Waals surface area contributed by atoms with Gasteiger partial charge in [0.1, 0.15) is 21.3 Å². The Labute approximate surface area is 261 Å². The molecule has 2 rings (SSSR count). The van der Waals surface area contributed by atoms with E-state index in [0.29, 0.717) is 47.7 Å². The van der Waals surface area contributed by atoms with Crippen LogP contribution in [0.5, 0.6) is 21.6 Å². The van der Waals surface area contributed by atoms with Crippen LogP contribution in [0.25, 0.3) is 0 Å². The first-order valence-electron chi connectivity index (χ1n) is 14.6. The number of carbonyl (C=O) groups is 2. The van der Waals surface area contributed by atoms with Gasteiger partial charge in [0.15, 0.2) is 21.7 Å². The second kappa shape index (κ2) is 20.1. The molecule has 0 spiro atoms. The van der Waals surface area contributed by atoms with Gasteiger partial charge in [-0.25, -0.2) is 0 Å². The van der Waals surface area contributed by atoms with Crippen LogP contribution in [0, 0.1) is 0 Å².